The van der Waals surface area contributed by atoms with Crippen LogP contribution >= 0.6 is 0 Å². The number of urea groups is 1. The van der Waals surface area contributed by atoms with Gasteiger partial charge in [0, 0.05) is 30.9 Å². The van der Waals surface area contributed by atoms with E-state index in [-0.39, 0.29) is 11.4 Å². The van der Waals surface area contributed by atoms with E-state index in [9.17, 15) is 4.79 Å². The van der Waals surface area contributed by atoms with Crippen molar-refractivity contribution in [2.24, 2.45) is 0 Å². The molecule has 1 heterocycles. The largest absolute Gasteiger partial charge is 0.337 e. The van der Waals surface area contributed by atoms with Gasteiger partial charge in [-0.2, -0.15) is 5.10 Å². The zero-order valence-corrected chi connectivity index (χ0v) is 15.9. The summed E-state index contributed by atoms with van der Waals surface area (Å²) in [5, 5.41) is 10.2. The predicted octanol–water partition coefficient (Wildman–Crippen LogP) is 3.71. The van der Waals surface area contributed by atoms with Gasteiger partial charge in [-0.05, 0) is 22.8 Å². The lowest BCUT2D eigenvalue weighted by Crippen LogP contribution is -2.42. The summed E-state index contributed by atoms with van der Waals surface area (Å²) in [6.07, 6.45) is 3.70. The van der Waals surface area contributed by atoms with Crippen LogP contribution in [-0.2, 0) is 18.5 Å². The van der Waals surface area contributed by atoms with Crippen molar-refractivity contribution in [1.29, 1.82) is 0 Å². The highest BCUT2D eigenvalue weighted by Crippen LogP contribution is 2.21. The van der Waals surface area contributed by atoms with Gasteiger partial charge >= 0.3 is 6.03 Å². The molecule has 0 unspecified atom stereocenters. The smallest absolute Gasteiger partial charge is 0.315 e. The van der Waals surface area contributed by atoms with Crippen LogP contribution in [0.25, 0.3) is 0 Å². The summed E-state index contributed by atoms with van der Waals surface area (Å²) in [5.74, 6) is 0. The molecular weight excluding hydrogens is 336 g/mol. The molecular formula is C22H26N4O. The Morgan fingerprint density at radius 2 is 1.67 bits per heavy atom. The average Bonchev–Trinajstić information content (AvgIpc) is 3.19. The summed E-state index contributed by atoms with van der Waals surface area (Å²) < 4.78 is 1.88. The van der Waals surface area contributed by atoms with Crippen LogP contribution in [0.15, 0.2) is 73.1 Å². The van der Waals surface area contributed by atoms with E-state index in [1.165, 1.54) is 5.56 Å². The third-order valence-corrected chi connectivity index (χ3v) is 4.70. The summed E-state index contributed by atoms with van der Waals surface area (Å²) in [6, 6.07) is 20.1. The molecule has 2 N–H and O–H groups in total. The first-order valence-corrected chi connectivity index (χ1v) is 9.16. The van der Waals surface area contributed by atoms with Gasteiger partial charge in [-0.1, -0.05) is 68.4 Å². The van der Waals surface area contributed by atoms with Gasteiger partial charge in [-0.25, -0.2) is 4.79 Å². The van der Waals surface area contributed by atoms with E-state index < -0.39 is 0 Å². The molecule has 1 aromatic heterocycles. The Balaban J connectivity index is 1.54. The molecule has 3 rings (SSSR count). The molecule has 27 heavy (non-hydrogen) atoms. The number of nitrogens with zero attached hydrogens (tertiary/aromatic N) is 2. The first-order valence-electron chi connectivity index (χ1n) is 9.16. The lowest BCUT2D eigenvalue weighted by molar-refractivity contribution is 0.238. The second-order valence-corrected chi connectivity index (χ2v) is 7.26. The molecule has 2 amide bonds. The highest BCUT2D eigenvalue weighted by atomic mass is 16.2. The molecule has 2 aromatic carbocycles. The van der Waals surface area contributed by atoms with Gasteiger partial charge in [0.25, 0.3) is 0 Å². The van der Waals surface area contributed by atoms with Crippen molar-refractivity contribution < 1.29 is 4.79 Å². The minimum Gasteiger partial charge on any atom is -0.337 e. The Morgan fingerprint density at radius 1 is 0.963 bits per heavy atom. The second-order valence-electron chi connectivity index (χ2n) is 7.26. The van der Waals surface area contributed by atoms with Crippen LogP contribution in [0.1, 0.15) is 30.5 Å². The number of hydrogen-bond acceptors (Lipinski definition) is 2. The van der Waals surface area contributed by atoms with E-state index >= 15 is 0 Å². The minimum atomic E-state index is -0.159. The molecule has 0 saturated heterocycles. The predicted molar refractivity (Wildman–Crippen MR) is 107 cm³/mol. The van der Waals surface area contributed by atoms with Gasteiger partial charge < -0.3 is 10.6 Å². The summed E-state index contributed by atoms with van der Waals surface area (Å²) in [5.41, 5.74) is 3.31. The van der Waals surface area contributed by atoms with E-state index in [2.05, 4.69) is 47.8 Å². The topological polar surface area (TPSA) is 59.0 Å². The van der Waals surface area contributed by atoms with Crippen LogP contribution in [-0.4, -0.2) is 22.4 Å². The van der Waals surface area contributed by atoms with Gasteiger partial charge in [0.2, 0.25) is 0 Å². The van der Waals surface area contributed by atoms with E-state index in [4.69, 9.17) is 0 Å². The Bertz CT molecular complexity index is 857. The van der Waals surface area contributed by atoms with Crippen molar-refractivity contribution in [3.05, 3.63) is 89.7 Å². The minimum absolute atomic E-state index is 0.128. The van der Waals surface area contributed by atoms with E-state index in [0.29, 0.717) is 19.6 Å². The lowest BCUT2D eigenvalue weighted by atomic mass is 9.85. The molecule has 0 radical (unpaired) electrons. The van der Waals surface area contributed by atoms with Crippen LogP contribution in [0.5, 0.6) is 0 Å². The molecule has 0 aliphatic rings. The van der Waals surface area contributed by atoms with Crippen molar-refractivity contribution in [2.75, 3.05) is 6.54 Å². The third kappa shape index (κ3) is 5.20. The van der Waals surface area contributed by atoms with Crippen LogP contribution < -0.4 is 10.6 Å². The monoisotopic (exact) mass is 362 g/mol. The maximum Gasteiger partial charge on any atom is 0.315 e. The molecule has 0 aliphatic carbocycles. The molecule has 140 valence electrons. The number of nitrogens with one attached hydrogen (secondary N) is 2. The lowest BCUT2D eigenvalue weighted by Gasteiger charge is -2.25. The average molecular weight is 362 g/mol. The fraction of sp³-hybridized carbons (Fsp3) is 0.273. The molecule has 0 bridgehead atoms. The van der Waals surface area contributed by atoms with Gasteiger partial charge in [0.15, 0.2) is 0 Å². The third-order valence-electron chi connectivity index (χ3n) is 4.70. The van der Waals surface area contributed by atoms with Crippen LogP contribution in [0.2, 0.25) is 0 Å². The number of benzene rings is 2. The number of carbonyl (C=O) groups is 1. The Hall–Kier alpha value is -3.08. The molecule has 3 aromatic rings. The van der Waals surface area contributed by atoms with Crippen molar-refractivity contribution >= 4 is 6.03 Å². The maximum atomic E-state index is 12.3. The van der Waals surface area contributed by atoms with Gasteiger partial charge in [-0.15, -0.1) is 0 Å². The number of carbonyl (C=O) groups excluding carboxylic acids is 1. The van der Waals surface area contributed by atoms with E-state index in [0.717, 1.165) is 11.1 Å². The number of rotatable bonds is 7. The SMILES string of the molecule is CC(C)(CNC(=O)NCc1ccccc1Cn1cccn1)c1ccccc1. The number of aromatic nitrogens is 2. The van der Waals surface area contributed by atoms with Crippen molar-refractivity contribution in [3.63, 3.8) is 0 Å². The first kappa shape index (κ1) is 18.7. The summed E-state index contributed by atoms with van der Waals surface area (Å²) in [6.45, 7) is 5.99. The van der Waals surface area contributed by atoms with Crippen LogP contribution in [0, 0.1) is 0 Å². The fourth-order valence-corrected chi connectivity index (χ4v) is 2.98. The normalized spacial score (nSPS) is 11.2. The van der Waals surface area contributed by atoms with Crippen molar-refractivity contribution in [1.82, 2.24) is 20.4 Å². The summed E-state index contributed by atoms with van der Waals surface area (Å²) >= 11 is 0. The highest BCUT2D eigenvalue weighted by molar-refractivity contribution is 5.74. The molecule has 0 spiro atoms. The standard InChI is InChI=1S/C22H26N4O/c1-22(2,20-11-4-3-5-12-20)17-24-21(27)23-15-18-9-6-7-10-19(18)16-26-14-8-13-25-26/h3-14H,15-17H2,1-2H3,(H2,23,24,27). The maximum absolute atomic E-state index is 12.3. The highest BCUT2D eigenvalue weighted by Gasteiger charge is 2.21. The zero-order chi connectivity index (χ0) is 19.1. The first-order chi connectivity index (χ1) is 13.0. The molecule has 0 saturated carbocycles. The van der Waals surface area contributed by atoms with Crippen LogP contribution in [0.4, 0.5) is 4.79 Å². The van der Waals surface area contributed by atoms with Crippen molar-refractivity contribution in [2.45, 2.75) is 32.4 Å². The van der Waals surface area contributed by atoms with Gasteiger partial charge in [0.1, 0.15) is 0 Å². The Labute approximate surface area is 160 Å². The second kappa shape index (κ2) is 8.54. The van der Waals surface area contributed by atoms with Crippen LogP contribution in [0.3, 0.4) is 0 Å². The molecule has 5 heteroatoms. The molecule has 0 aliphatic heterocycles. The summed E-state index contributed by atoms with van der Waals surface area (Å²) in [4.78, 5) is 12.3. The fourth-order valence-electron chi connectivity index (χ4n) is 2.98. The molecule has 5 nitrogen and oxygen atoms in total. The van der Waals surface area contributed by atoms with E-state index in [1.807, 2.05) is 53.3 Å². The Kier molecular flexibility index (Phi) is 5.91. The summed E-state index contributed by atoms with van der Waals surface area (Å²) in [7, 11) is 0. The van der Waals surface area contributed by atoms with Crippen molar-refractivity contribution in [3.8, 4) is 0 Å². The van der Waals surface area contributed by atoms with Gasteiger partial charge in [-0.3, -0.25) is 4.68 Å². The van der Waals surface area contributed by atoms with E-state index in [1.54, 1.807) is 6.20 Å². The molecule has 0 fully saturated rings. The number of amides is 2. The van der Waals surface area contributed by atoms with Gasteiger partial charge in [0.05, 0.1) is 6.54 Å². The Morgan fingerprint density at radius 3 is 2.37 bits per heavy atom. The molecule has 0 atom stereocenters. The number of hydrogen-bond donors (Lipinski definition) is 2. The zero-order valence-electron chi connectivity index (χ0n) is 15.9. The quantitative estimate of drug-likeness (QED) is 0.673.